The van der Waals surface area contributed by atoms with E-state index >= 15 is 0 Å². The van der Waals surface area contributed by atoms with E-state index in [1.54, 1.807) is 42.5 Å². The van der Waals surface area contributed by atoms with Crippen molar-refractivity contribution in [2.24, 2.45) is 0 Å². The molecule has 9 heteroatoms. The van der Waals surface area contributed by atoms with Crippen molar-refractivity contribution in [2.75, 3.05) is 11.0 Å². The van der Waals surface area contributed by atoms with Crippen LogP contribution in [0.1, 0.15) is 16.1 Å². The van der Waals surface area contributed by atoms with E-state index in [9.17, 15) is 18.3 Å². The van der Waals surface area contributed by atoms with Gasteiger partial charge in [-0.3, -0.25) is 4.72 Å². The molecule has 0 fully saturated rings. The fourth-order valence-electron chi connectivity index (χ4n) is 2.80. The summed E-state index contributed by atoms with van der Waals surface area (Å²) in [5, 5.41) is 11.0. The zero-order valence-electron chi connectivity index (χ0n) is 13.5. The quantitative estimate of drug-likeness (QED) is 0.660. The minimum Gasteiger partial charge on any atom is -0.477 e. The molecule has 3 aromatic rings. The number of para-hydroxylation sites is 1. The summed E-state index contributed by atoms with van der Waals surface area (Å²) in [5.74, 6) is -1.24. The van der Waals surface area contributed by atoms with Gasteiger partial charge in [0.2, 0.25) is 10.0 Å². The molecule has 0 spiro atoms. The molecular weight excluding hydrogens is 399 g/mol. The van der Waals surface area contributed by atoms with E-state index in [1.807, 2.05) is 0 Å². The molecule has 0 saturated heterocycles. The molecule has 0 atom stereocenters. The van der Waals surface area contributed by atoms with Crippen LogP contribution in [-0.2, 0) is 16.6 Å². The first-order chi connectivity index (χ1) is 12.2. The van der Waals surface area contributed by atoms with E-state index in [0.29, 0.717) is 20.9 Å². The summed E-state index contributed by atoms with van der Waals surface area (Å²) in [6, 6.07) is 11.9. The van der Waals surface area contributed by atoms with Crippen molar-refractivity contribution < 1.29 is 18.3 Å². The highest BCUT2D eigenvalue weighted by Gasteiger charge is 2.24. The van der Waals surface area contributed by atoms with Crippen LogP contribution in [0.15, 0.2) is 42.5 Å². The van der Waals surface area contributed by atoms with Gasteiger partial charge in [-0.15, -0.1) is 0 Å². The highest BCUT2D eigenvalue weighted by Crippen LogP contribution is 2.33. The fourth-order valence-corrected chi connectivity index (χ4v) is 3.70. The third-order valence-electron chi connectivity index (χ3n) is 3.79. The molecule has 136 valence electrons. The van der Waals surface area contributed by atoms with E-state index in [-0.39, 0.29) is 17.9 Å². The van der Waals surface area contributed by atoms with Crippen LogP contribution in [0.4, 0.5) is 5.69 Å². The number of fused-ring (bicyclic) bond motifs is 1. The molecule has 1 heterocycles. The van der Waals surface area contributed by atoms with Crippen molar-refractivity contribution in [1.29, 1.82) is 0 Å². The lowest BCUT2D eigenvalue weighted by atomic mass is 10.2. The van der Waals surface area contributed by atoms with Gasteiger partial charge in [0.1, 0.15) is 0 Å². The number of hydrogen-bond donors (Lipinski definition) is 2. The van der Waals surface area contributed by atoms with Crippen molar-refractivity contribution in [3.8, 4) is 0 Å². The Labute approximate surface area is 160 Å². The van der Waals surface area contributed by atoms with Gasteiger partial charge < -0.3 is 9.67 Å². The second kappa shape index (κ2) is 6.83. The maximum absolute atomic E-state index is 11.9. The predicted octanol–water partition coefficient (Wildman–Crippen LogP) is 4.07. The molecule has 0 unspecified atom stereocenters. The van der Waals surface area contributed by atoms with Gasteiger partial charge in [0.05, 0.1) is 27.5 Å². The molecule has 0 amide bonds. The molecule has 0 bridgehead atoms. The van der Waals surface area contributed by atoms with Gasteiger partial charge in [-0.1, -0.05) is 47.5 Å². The van der Waals surface area contributed by atoms with Crippen molar-refractivity contribution in [3.05, 3.63) is 63.8 Å². The second-order valence-electron chi connectivity index (χ2n) is 5.75. The number of nitrogens with one attached hydrogen (secondary N) is 1. The first kappa shape index (κ1) is 18.6. The summed E-state index contributed by atoms with van der Waals surface area (Å²) in [7, 11) is -3.66. The molecule has 2 N–H and O–H groups in total. The lowest BCUT2D eigenvalue weighted by molar-refractivity contribution is 0.0687. The maximum Gasteiger partial charge on any atom is 0.354 e. The molecule has 1 aromatic heterocycles. The SMILES string of the molecule is CS(=O)(=O)Nc1c(C(=O)O)n(Cc2ccc(Cl)c(Cl)c2)c2ccccc12. The standard InChI is InChI=1S/C17H14Cl2N2O4S/c1-26(24,25)20-15-11-4-2-3-5-14(11)21(16(15)17(22)23)9-10-6-7-12(18)13(19)8-10/h2-8,20H,9H2,1H3,(H,22,23). The number of benzene rings is 2. The number of nitrogens with zero attached hydrogens (tertiary/aromatic N) is 1. The number of rotatable bonds is 5. The molecule has 3 rings (SSSR count). The number of carboxylic acid groups (broad SMARTS) is 1. The highest BCUT2D eigenvalue weighted by molar-refractivity contribution is 7.92. The minimum atomic E-state index is -3.66. The van der Waals surface area contributed by atoms with Crippen LogP contribution in [0, 0.1) is 0 Å². The first-order valence-corrected chi connectivity index (χ1v) is 10.1. The van der Waals surface area contributed by atoms with Gasteiger partial charge >= 0.3 is 5.97 Å². The molecule has 0 aliphatic carbocycles. The minimum absolute atomic E-state index is 0.0376. The molecule has 0 saturated carbocycles. The van der Waals surface area contributed by atoms with Crippen LogP contribution in [0.2, 0.25) is 10.0 Å². The number of halogens is 2. The van der Waals surface area contributed by atoms with Crippen molar-refractivity contribution in [3.63, 3.8) is 0 Å². The van der Waals surface area contributed by atoms with E-state index < -0.39 is 16.0 Å². The first-order valence-electron chi connectivity index (χ1n) is 7.43. The van der Waals surface area contributed by atoms with Crippen LogP contribution in [0.3, 0.4) is 0 Å². The number of carboxylic acids is 1. The summed E-state index contributed by atoms with van der Waals surface area (Å²) >= 11 is 12.0. The smallest absolute Gasteiger partial charge is 0.354 e. The van der Waals surface area contributed by atoms with E-state index in [1.165, 1.54) is 4.57 Å². The second-order valence-corrected chi connectivity index (χ2v) is 8.32. The van der Waals surface area contributed by atoms with E-state index in [0.717, 1.165) is 11.8 Å². The summed E-state index contributed by atoms with van der Waals surface area (Å²) in [5.41, 5.74) is 1.20. The van der Waals surface area contributed by atoms with Crippen LogP contribution >= 0.6 is 23.2 Å². The highest BCUT2D eigenvalue weighted by atomic mass is 35.5. The predicted molar refractivity (Wildman–Crippen MR) is 103 cm³/mol. The van der Waals surface area contributed by atoms with Gasteiger partial charge in [0.15, 0.2) is 5.69 Å². The Morgan fingerprint density at radius 3 is 2.46 bits per heavy atom. The van der Waals surface area contributed by atoms with Crippen LogP contribution in [-0.4, -0.2) is 30.3 Å². The van der Waals surface area contributed by atoms with Crippen LogP contribution < -0.4 is 4.72 Å². The molecular formula is C17H14Cl2N2O4S. The van der Waals surface area contributed by atoms with Crippen molar-refractivity contribution >= 4 is 55.8 Å². The van der Waals surface area contributed by atoms with E-state index in [2.05, 4.69) is 4.72 Å². The summed E-state index contributed by atoms with van der Waals surface area (Å²) in [6.07, 6.45) is 0.976. The Morgan fingerprint density at radius 2 is 1.85 bits per heavy atom. The van der Waals surface area contributed by atoms with Gasteiger partial charge in [0, 0.05) is 11.9 Å². The summed E-state index contributed by atoms with van der Waals surface area (Å²) < 4.78 is 27.3. The van der Waals surface area contributed by atoms with Gasteiger partial charge in [-0.25, -0.2) is 13.2 Å². The average molecular weight is 413 g/mol. The molecule has 6 nitrogen and oxygen atoms in total. The monoisotopic (exact) mass is 412 g/mol. The lowest BCUT2D eigenvalue weighted by Gasteiger charge is -2.10. The molecule has 0 aliphatic heterocycles. The van der Waals surface area contributed by atoms with Crippen LogP contribution in [0.5, 0.6) is 0 Å². The molecule has 2 aromatic carbocycles. The van der Waals surface area contributed by atoms with Gasteiger partial charge in [-0.2, -0.15) is 0 Å². The Hall–Kier alpha value is -2.22. The molecule has 0 aliphatic rings. The summed E-state index contributed by atoms with van der Waals surface area (Å²) in [4.78, 5) is 11.9. The lowest BCUT2D eigenvalue weighted by Crippen LogP contribution is -2.15. The zero-order chi connectivity index (χ0) is 19.1. The maximum atomic E-state index is 11.9. The zero-order valence-corrected chi connectivity index (χ0v) is 15.9. The third kappa shape index (κ3) is 3.65. The Bertz CT molecular complexity index is 1120. The van der Waals surface area contributed by atoms with Crippen molar-refractivity contribution in [2.45, 2.75) is 6.54 Å². The average Bonchev–Trinajstić information content (AvgIpc) is 2.83. The number of hydrogen-bond acceptors (Lipinski definition) is 3. The van der Waals surface area contributed by atoms with Crippen molar-refractivity contribution in [1.82, 2.24) is 4.57 Å². The number of sulfonamides is 1. The number of anilines is 1. The number of carbonyl (C=O) groups is 1. The Morgan fingerprint density at radius 1 is 1.15 bits per heavy atom. The van der Waals surface area contributed by atoms with Gasteiger partial charge in [-0.05, 0) is 23.8 Å². The topological polar surface area (TPSA) is 88.4 Å². The van der Waals surface area contributed by atoms with Crippen LogP contribution in [0.25, 0.3) is 10.9 Å². The fraction of sp³-hybridized carbons (Fsp3) is 0.118. The molecule has 26 heavy (non-hydrogen) atoms. The number of aromatic nitrogens is 1. The van der Waals surface area contributed by atoms with Gasteiger partial charge in [0.25, 0.3) is 0 Å². The van der Waals surface area contributed by atoms with E-state index in [4.69, 9.17) is 23.2 Å². The molecule has 0 radical (unpaired) electrons. The Kier molecular flexibility index (Phi) is 4.88. The third-order valence-corrected chi connectivity index (χ3v) is 5.10. The normalized spacial score (nSPS) is 11.7. The largest absolute Gasteiger partial charge is 0.477 e. The Balaban J connectivity index is 2.25. The summed E-state index contributed by atoms with van der Waals surface area (Å²) in [6.45, 7) is 0.185. The number of aromatic carboxylic acids is 1.